The zero-order chi connectivity index (χ0) is 15.4. The molecule has 22 heavy (non-hydrogen) atoms. The number of nitrogens with zero attached hydrogens (tertiary/aromatic N) is 2. The van der Waals surface area contributed by atoms with Crippen molar-refractivity contribution in [3.05, 3.63) is 78.5 Å². The van der Waals surface area contributed by atoms with Crippen molar-refractivity contribution in [1.82, 2.24) is 4.98 Å². The van der Waals surface area contributed by atoms with Crippen LogP contribution >= 0.6 is 0 Å². The number of nitrogens with two attached hydrogens (primary N) is 1. The highest BCUT2D eigenvalue weighted by Gasteiger charge is 2.16. The Morgan fingerprint density at radius 3 is 2.23 bits per heavy atom. The Balaban J connectivity index is 1.83. The molecule has 0 fully saturated rings. The highest BCUT2D eigenvalue weighted by atomic mass is 16.7. The molecule has 5 heteroatoms. The normalized spacial score (nSPS) is 10.2. The van der Waals surface area contributed by atoms with Crippen molar-refractivity contribution >= 4 is 11.9 Å². The van der Waals surface area contributed by atoms with E-state index in [4.69, 9.17) is 10.6 Å². The standard InChI is InChI=1S/C17H13N3O2/c18-17-19-15(13-7-3-1-4-8-13)11-12-20(17)22-16(21)14-9-5-2-6-10-14/h1-12,18H/p+1. The quantitative estimate of drug-likeness (QED) is 0.748. The molecule has 0 aliphatic carbocycles. The molecule has 0 atom stereocenters. The zero-order valence-corrected chi connectivity index (χ0v) is 11.7. The summed E-state index contributed by atoms with van der Waals surface area (Å²) in [5, 5.41) is 0. The van der Waals surface area contributed by atoms with Crippen LogP contribution in [0.4, 0.5) is 5.95 Å². The number of anilines is 1. The highest BCUT2D eigenvalue weighted by molar-refractivity contribution is 5.89. The van der Waals surface area contributed by atoms with Gasteiger partial charge in [0.05, 0.1) is 5.56 Å². The summed E-state index contributed by atoms with van der Waals surface area (Å²) in [6, 6.07) is 20.1. The van der Waals surface area contributed by atoms with E-state index in [0.717, 1.165) is 10.3 Å². The largest absolute Gasteiger partial charge is 0.427 e. The molecular weight excluding hydrogens is 278 g/mol. The Labute approximate surface area is 127 Å². The number of carbonyl (C=O) groups excluding carboxylic acids is 1. The Bertz CT molecular complexity index is 790. The lowest BCUT2D eigenvalue weighted by Gasteiger charge is -2.04. The Hall–Kier alpha value is -3.21. The van der Waals surface area contributed by atoms with Crippen molar-refractivity contribution in [2.45, 2.75) is 0 Å². The van der Waals surface area contributed by atoms with E-state index in [1.165, 1.54) is 0 Å². The molecule has 1 heterocycles. The fourth-order valence-electron chi connectivity index (χ4n) is 1.99. The molecule has 0 amide bonds. The molecule has 2 aromatic carbocycles. The summed E-state index contributed by atoms with van der Waals surface area (Å²) < 4.78 is 1.15. The van der Waals surface area contributed by atoms with E-state index in [1.807, 2.05) is 36.4 Å². The molecule has 0 saturated heterocycles. The number of rotatable bonds is 3. The van der Waals surface area contributed by atoms with E-state index >= 15 is 0 Å². The molecular formula is C17H14N3O2+. The number of nitrogen functional groups attached to an aromatic ring is 1. The van der Waals surface area contributed by atoms with Gasteiger partial charge in [-0.05, 0) is 16.9 Å². The van der Waals surface area contributed by atoms with Crippen LogP contribution in [0, 0.1) is 0 Å². The third-order valence-electron chi connectivity index (χ3n) is 3.09. The molecule has 0 radical (unpaired) electrons. The van der Waals surface area contributed by atoms with Gasteiger partial charge in [0.15, 0.2) is 5.69 Å². The number of hydrogen-bond donors (Lipinski definition) is 1. The third-order valence-corrected chi connectivity index (χ3v) is 3.09. The van der Waals surface area contributed by atoms with Gasteiger partial charge in [-0.1, -0.05) is 53.5 Å². The lowest BCUT2D eigenvalue weighted by atomic mass is 10.1. The van der Waals surface area contributed by atoms with Crippen LogP contribution in [-0.4, -0.2) is 11.0 Å². The first-order chi connectivity index (χ1) is 10.7. The number of hydrogen-bond acceptors (Lipinski definition) is 4. The van der Waals surface area contributed by atoms with Crippen LogP contribution < -0.4 is 15.3 Å². The predicted molar refractivity (Wildman–Crippen MR) is 81.6 cm³/mol. The Morgan fingerprint density at radius 1 is 0.955 bits per heavy atom. The first-order valence-corrected chi connectivity index (χ1v) is 6.75. The number of benzene rings is 2. The van der Waals surface area contributed by atoms with Crippen molar-refractivity contribution < 1.29 is 14.4 Å². The van der Waals surface area contributed by atoms with Gasteiger partial charge in [-0.15, -0.1) is 0 Å². The van der Waals surface area contributed by atoms with Crippen LogP contribution in [0.2, 0.25) is 0 Å². The monoisotopic (exact) mass is 292 g/mol. The summed E-state index contributed by atoms with van der Waals surface area (Å²) in [6.45, 7) is 0. The maximum absolute atomic E-state index is 12.0. The molecule has 0 aliphatic heterocycles. The molecule has 2 N–H and O–H groups in total. The fourth-order valence-corrected chi connectivity index (χ4v) is 1.99. The molecule has 0 saturated carbocycles. The van der Waals surface area contributed by atoms with Crippen LogP contribution in [0.1, 0.15) is 10.4 Å². The lowest BCUT2D eigenvalue weighted by molar-refractivity contribution is -0.857. The van der Waals surface area contributed by atoms with E-state index in [2.05, 4.69) is 4.98 Å². The minimum absolute atomic E-state index is 0.102. The topological polar surface area (TPSA) is 69.1 Å². The van der Waals surface area contributed by atoms with Gasteiger partial charge in [0.25, 0.3) is 0 Å². The second-order valence-electron chi connectivity index (χ2n) is 4.61. The van der Waals surface area contributed by atoms with E-state index in [0.29, 0.717) is 11.3 Å². The minimum atomic E-state index is -0.494. The minimum Gasteiger partial charge on any atom is -0.284 e. The number of aromatic nitrogens is 2. The van der Waals surface area contributed by atoms with Gasteiger partial charge in [0, 0.05) is 11.6 Å². The summed E-state index contributed by atoms with van der Waals surface area (Å²) in [4.78, 5) is 21.5. The highest BCUT2D eigenvalue weighted by Crippen LogP contribution is 2.15. The van der Waals surface area contributed by atoms with Crippen molar-refractivity contribution in [3.8, 4) is 11.3 Å². The van der Waals surface area contributed by atoms with Gasteiger partial charge in [-0.2, -0.15) is 0 Å². The van der Waals surface area contributed by atoms with Crippen LogP contribution in [0.25, 0.3) is 11.3 Å². The Kier molecular flexibility index (Phi) is 3.78. The smallest absolute Gasteiger partial charge is 0.284 e. The average Bonchev–Trinajstić information content (AvgIpc) is 2.58. The maximum atomic E-state index is 12.0. The van der Waals surface area contributed by atoms with Crippen molar-refractivity contribution in [3.63, 3.8) is 0 Å². The van der Waals surface area contributed by atoms with E-state index in [1.54, 1.807) is 36.5 Å². The summed E-state index contributed by atoms with van der Waals surface area (Å²) in [6.07, 6.45) is 1.57. The first-order valence-electron chi connectivity index (χ1n) is 6.75. The molecule has 0 aliphatic rings. The molecule has 0 bridgehead atoms. The maximum Gasteiger partial charge on any atom is 0.427 e. The van der Waals surface area contributed by atoms with E-state index in [9.17, 15) is 4.79 Å². The molecule has 0 unspecified atom stereocenters. The summed E-state index contributed by atoms with van der Waals surface area (Å²) in [5.41, 5.74) is 7.96. The van der Waals surface area contributed by atoms with Gasteiger partial charge in [0.2, 0.25) is 0 Å². The Morgan fingerprint density at radius 2 is 1.59 bits per heavy atom. The van der Waals surface area contributed by atoms with Crippen LogP contribution in [-0.2, 0) is 0 Å². The molecule has 1 aromatic heterocycles. The van der Waals surface area contributed by atoms with Gasteiger partial charge >= 0.3 is 11.9 Å². The molecule has 3 rings (SSSR count). The van der Waals surface area contributed by atoms with Crippen molar-refractivity contribution in [2.75, 3.05) is 5.73 Å². The van der Waals surface area contributed by atoms with Crippen molar-refractivity contribution in [2.24, 2.45) is 0 Å². The van der Waals surface area contributed by atoms with E-state index < -0.39 is 5.97 Å². The lowest BCUT2D eigenvalue weighted by Crippen LogP contribution is -2.48. The SMILES string of the molecule is Nc1nc(-c2ccccc2)cc[n+]1OC(=O)c1ccccc1. The number of carbonyl (C=O) groups is 1. The average molecular weight is 292 g/mol. The van der Waals surface area contributed by atoms with Gasteiger partial charge in [-0.3, -0.25) is 10.6 Å². The molecule has 108 valence electrons. The predicted octanol–water partition coefficient (Wildman–Crippen LogP) is 1.89. The van der Waals surface area contributed by atoms with Gasteiger partial charge in [-0.25, -0.2) is 4.79 Å². The third kappa shape index (κ3) is 2.93. The summed E-state index contributed by atoms with van der Waals surface area (Å²) in [5.74, 6) is -0.391. The van der Waals surface area contributed by atoms with Gasteiger partial charge < -0.3 is 0 Å². The summed E-state index contributed by atoms with van der Waals surface area (Å²) in [7, 11) is 0. The van der Waals surface area contributed by atoms with Crippen LogP contribution in [0.3, 0.4) is 0 Å². The van der Waals surface area contributed by atoms with E-state index in [-0.39, 0.29) is 5.95 Å². The molecule has 5 nitrogen and oxygen atoms in total. The second kappa shape index (κ2) is 6.05. The van der Waals surface area contributed by atoms with Crippen LogP contribution in [0.15, 0.2) is 72.9 Å². The molecule has 0 spiro atoms. The van der Waals surface area contributed by atoms with Crippen LogP contribution in [0.5, 0.6) is 0 Å². The fraction of sp³-hybridized carbons (Fsp3) is 0. The first kappa shape index (κ1) is 13.8. The van der Waals surface area contributed by atoms with Crippen molar-refractivity contribution in [1.29, 1.82) is 0 Å². The molecule has 3 aromatic rings. The second-order valence-corrected chi connectivity index (χ2v) is 4.61. The summed E-state index contributed by atoms with van der Waals surface area (Å²) >= 11 is 0. The zero-order valence-electron chi connectivity index (χ0n) is 11.7. The van der Waals surface area contributed by atoms with Gasteiger partial charge in [0.1, 0.15) is 6.20 Å².